The van der Waals surface area contributed by atoms with Gasteiger partial charge in [-0.05, 0) is 47.7 Å². The molecular formula is C18H13ClOS. The minimum absolute atomic E-state index is 0.0358. The maximum absolute atomic E-state index is 12.4. The lowest BCUT2D eigenvalue weighted by Gasteiger charge is -1.95. The maximum atomic E-state index is 12.4. The van der Waals surface area contributed by atoms with Gasteiger partial charge in [-0.3, -0.25) is 4.79 Å². The van der Waals surface area contributed by atoms with Crippen molar-refractivity contribution in [2.75, 3.05) is 0 Å². The van der Waals surface area contributed by atoms with Gasteiger partial charge < -0.3 is 0 Å². The van der Waals surface area contributed by atoms with Crippen LogP contribution in [-0.2, 0) is 0 Å². The predicted octanol–water partition coefficient (Wildman–Crippen LogP) is 5.76. The highest BCUT2D eigenvalue weighted by molar-refractivity contribution is 7.21. The fourth-order valence-corrected chi connectivity index (χ4v) is 3.52. The van der Waals surface area contributed by atoms with Crippen LogP contribution in [0, 0.1) is 6.92 Å². The molecule has 0 unspecified atom stereocenters. The van der Waals surface area contributed by atoms with Crippen molar-refractivity contribution >= 4 is 44.9 Å². The van der Waals surface area contributed by atoms with E-state index in [2.05, 4.69) is 0 Å². The second kappa shape index (κ2) is 5.84. The Morgan fingerprint density at radius 1 is 1.14 bits per heavy atom. The number of carbonyl (C=O) groups is 1. The quantitative estimate of drug-likeness (QED) is 0.444. The standard InChI is InChI=1S/C18H13ClOS/c1-12-15-11-14(19)8-10-17(15)21-18(12)16(20)9-7-13-5-3-2-4-6-13/h2-11H,1H3/b9-7+. The van der Waals surface area contributed by atoms with Crippen LogP contribution in [0.2, 0.25) is 5.02 Å². The van der Waals surface area contributed by atoms with Crippen LogP contribution < -0.4 is 0 Å². The van der Waals surface area contributed by atoms with Crippen molar-refractivity contribution in [2.24, 2.45) is 0 Å². The van der Waals surface area contributed by atoms with Crippen LogP contribution >= 0.6 is 22.9 Å². The molecule has 0 fully saturated rings. The zero-order chi connectivity index (χ0) is 14.8. The van der Waals surface area contributed by atoms with Crippen molar-refractivity contribution in [3.63, 3.8) is 0 Å². The Labute approximate surface area is 132 Å². The molecule has 3 rings (SSSR count). The zero-order valence-corrected chi connectivity index (χ0v) is 13.0. The van der Waals surface area contributed by atoms with Gasteiger partial charge in [0.25, 0.3) is 0 Å². The average Bonchev–Trinajstić information content (AvgIpc) is 2.83. The van der Waals surface area contributed by atoms with Crippen molar-refractivity contribution in [1.82, 2.24) is 0 Å². The number of rotatable bonds is 3. The summed E-state index contributed by atoms with van der Waals surface area (Å²) in [6.07, 6.45) is 3.48. The highest BCUT2D eigenvalue weighted by Crippen LogP contribution is 2.33. The van der Waals surface area contributed by atoms with Gasteiger partial charge in [-0.1, -0.05) is 48.0 Å². The number of ketones is 1. The number of carbonyl (C=O) groups excluding carboxylic acids is 1. The molecule has 21 heavy (non-hydrogen) atoms. The smallest absolute Gasteiger partial charge is 0.196 e. The van der Waals surface area contributed by atoms with E-state index in [1.165, 1.54) is 11.3 Å². The van der Waals surface area contributed by atoms with Crippen LogP contribution in [0.25, 0.3) is 16.2 Å². The minimum atomic E-state index is 0.0358. The number of hydrogen-bond donors (Lipinski definition) is 0. The molecule has 0 N–H and O–H groups in total. The van der Waals surface area contributed by atoms with Crippen LogP contribution in [-0.4, -0.2) is 5.78 Å². The predicted molar refractivity (Wildman–Crippen MR) is 91.4 cm³/mol. The molecule has 0 aliphatic rings. The highest BCUT2D eigenvalue weighted by Gasteiger charge is 2.13. The third-order valence-corrected chi connectivity index (χ3v) is 4.87. The van der Waals surface area contributed by atoms with E-state index in [-0.39, 0.29) is 5.78 Å². The Morgan fingerprint density at radius 2 is 1.90 bits per heavy atom. The van der Waals surface area contributed by atoms with Crippen molar-refractivity contribution in [3.8, 4) is 0 Å². The van der Waals surface area contributed by atoms with Gasteiger partial charge in [-0.15, -0.1) is 11.3 Å². The van der Waals surface area contributed by atoms with Crippen LogP contribution in [0.3, 0.4) is 0 Å². The van der Waals surface area contributed by atoms with E-state index >= 15 is 0 Å². The maximum Gasteiger partial charge on any atom is 0.196 e. The van der Waals surface area contributed by atoms with Crippen molar-refractivity contribution in [2.45, 2.75) is 6.92 Å². The number of aryl methyl sites for hydroxylation is 1. The normalized spacial score (nSPS) is 11.3. The van der Waals surface area contributed by atoms with Crippen molar-refractivity contribution in [1.29, 1.82) is 0 Å². The molecule has 0 aliphatic carbocycles. The van der Waals surface area contributed by atoms with Gasteiger partial charge in [0.05, 0.1) is 4.88 Å². The summed E-state index contributed by atoms with van der Waals surface area (Å²) in [5.74, 6) is 0.0358. The Bertz CT molecular complexity index is 831. The van der Waals surface area contributed by atoms with Gasteiger partial charge in [-0.2, -0.15) is 0 Å². The fourth-order valence-electron chi connectivity index (χ4n) is 2.24. The van der Waals surface area contributed by atoms with Gasteiger partial charge in [-0.25, -0.2) is 0 Å². The van der Waals surface area contributed by atoms with Crippen molar-refractivity contribution in [3.05, 3.63) is 75.6 Å². The molecule has 1 aromatic heterocycles. The van der Waals surface area contributed by atoms with Gasteiger partial charge in [0, 0.05) is 9.72 Å². The monoisotopic (exact) mass is 312 g/mol. The molecule has 3 aromatic rings. The lowest BCUT2D eigenvalue weighted by molar-refractivity contribution is 0.105. The summed E-state index contributed by atoms with van der Waals surface area (Å²) in [4.78, 5) is 13.2. The largest absolute Gasteiger partial charge is 0.288 e. The topological polar surface area (TPSA) is 17.1 Å². The number of fused-ring (bicyclic) bond motifs is 1. The SMILES string of the molecule is Cc1c(C(=O)/C=C/c2ccccc2)sc2ccc(Cl)cc12. The van der Waals surface area contributed by atoms with E-state index in [4.69, 9.17) is 11.6 Å². The minimum Gasteiger partial charge on any atom is -0.288 e. The summed E-state index contributed by atoms with van der Waals surface area (Å²) in [5, 5.41) is 1.76. The van der Waals surface area contributed by atoms with Gasteiger partial charge in [0.1, 0.15) is 0 Å². The second-order valence-electron chi connectivity index (χ2n) is 4.80. The first-order chi connectivity index (χ1) is 10.1. The van der Waals surface area contributed by atoms with Crippen LogP contribution in [0.4, 0.5) is 0 Å². The lowest BCUT2D eigenvalue weighted by Crippen LogP contribution is -1.92. The third-order valence-electron chi connectivity index (χ3n) is 3.35. The molecule has 0 saturated carbocycles. The first kappa shape index (κ1) is 14.1. The van der Waals surface area contributed by atoms with Crippen molar-refractivity contribution < 1.29 is 4.79 Å². The molecule has 2 aromatic carbocycles. The summed E-state index contributed by atoms with van der Waals surface area (Å²) in [6, 6.07) is 15.6. The Balaban J connectivity index is 1.95. The van der Waals surface area contributed by atoms with Gasteiger partial charge in [0.15, 0.2) is 5.78 Å². The summed E-state index contributed by atoms with van der Waals surface area (Å²) >= 11 is 7.54. The fraction of sp³-hybridized carbons (Fsp3) is 0.0556. The molecular weight excluding hydrogens is 300 g/mol. The first-order valence-corrected chi connectivity index (χ1v) is 7.81. The third kappa shape index (κ3) is 2.92. The Hall–Kier alpha value is -1.90. The van der Waals surface area contributed by atoms with E-state index in [0.29, 0.717) is 5.02 Å². The number of allylic oxidation sites excluding steroid dienone is 1. The van der Waals surface area contributed by atoms with Crippen LogP contribution in [0.15, 0.2) is 54.6 Å². The molecule has 104 valence electrons. The molecule has 1 nitrogen and oxygen atoms in total. The number of halogens is 1. The summed E-state index contributed by atoms with van der Waals surface area (Å²) < 4.78 is 1.09. The molecule has 0 saturated heterocycles. The number of benzene rings is 2. The van der Waals surface area contributed by atoms with E-state index in [1.54, 1.807) is 6.08 Å². The lowest BCUT2D eigenvalue weighted by atomic mass is 10.1. The first-order valence-electron chi connectivity index (χ1n) is 6.61. The molecule has 0 aliphatic heterocycles. The number of thiophene rings is 1. The average molecular weight is 313 g/mol. The van der Waals surface area contributed by atoms with E-state index in [9.17, 15) is 4.79 Å². The zero-order valence-electron chi connectivity index (χ0n) is 11.5. The van der Waals surface area contributed by atoms with E-state index < -0.39 is 0 Å². The number of hydrogen-bond acceptors (Lipinski definition) is 2. The summed E-state index contributed by atoms with van der Waals surface area (Å²) in [5.41, 5.74) is 2.02. The van der Waals surface area contributed by atoms with E-state index in [1.807, 2.05) is 61.5 Å². The summed E-state index contributed by atoms with van der Waals surface area (Å²) in [7, 11) is 0. The molecule has 0 bridgehead atoms. The van der Waals surface area contributed by atoms with Crippen LogP contribution in [0.1, 0.15) is 20.8 Å². The van der Waals surface area contributed by atoms with Gasteiger partial charge >= 0.3 is 0 Å². The molecule has 3 heteroatoms. The second-order valence-corrected chi connectivity index (χ2v) is 6.29. The summed E-state index contributed by atoms with van der Waals surface area (Å²) in [6.45, 7) is 1.97. The molecule has 0 atom stereocenters. The molecule has 0 spiro atoms. The van der Waals surface area contributed by atoms with E-state index in [0.717, 1.165) is 26.1 Å². The Kier molecular flexibility index (Phi) is 3.91. The van der Waals surface area contributed by atoms with Crippen LogP contribution in [0.5, 0.6) is 0 Å². The van der Waals surface area contributed by atoms with Gasteiger partial charge in [0.2, 0.25) is 0 Å². The highest BCUT2D eigenvalue weighted by atomic mass is 35.5. The molecule has 0 amide bonds. The molecule has 1 heterocycles. The molecule has 0 radical (unpaired) electrons. The Morgan fingerprint density at radius 3 is 2.67 bits per heavy atom.